The Balaban J connectivity index is 1.65. The van der Waals surface area contributed by atoms with E-state index in [1.54, 1.807) is 12.1 Å². The number of nitrogens with one attached hydrogen (secondary N) is 2. The third-order valence-electron chi connectivity index (χ3n) is 3.73. The molecule has 0 bridgehead atoms. The van der Waals surface area contributed by atoms with Crippen molar-refractivity contribution in [1.82, 2.24) is 20.8 Å². The Morgan fingerprint density at radius 3 is 2.86 bits per heavy atom. The molecule has 1 amide bonds. The lowest BCUT2D eigenvalue weighted by atomic mass is 10.00. The summed E-state index contributed by atoms with van der Waals surface area (Å²) in [5, 5.41) is 10.2. The van der Waals surface area contributed by atoms with E-state index >= 15 is 0 Å². The van der Waals surface area contributed by atoms with Gasteiger partial charge in [-0.05, 0) is 38.4 Å². The van der Waals surface area contributed by atoms with Crippen LogP contribution in [0.1, 0.15) is 30.1 Å². The third-order valence-corrected chi connectivity index (χ3v) is 3.73. The van der Waals surface area contributed by atoms with Crippen molar-refractivity contribution >= 4 is 5.91 Å². The summed E-state index contributed by atoms with van der Waals surface area (Å²) in [6, 6.07) is 7.91. The van der Waals surface area contributed by atoms with Gasteiger partial charge in [-0.2, -0.15) is 4.98 Å². The largest absolute Gasteiger partial charge is 0.349 e. The summed E-state index contributed by atoms with van der Waals surface area (Å²) < 4.78 is 4.71. The molecule has 110 valence electrons. The van der Waals surface area contributed by atoms with E-state index < -0.39 is 0 Å². The minimum absolute atomic E-state index is 0.0336. The number of nitrogens with zero attached hydrogens (tertiary/aromatic N) is 2. The summed E-state index contributed by atoms with van der Waals surface area (Å²) in [6.07, 6.45) is 3.22. The van der Waals surface area contributed by atoms with Gasteiger partial charge in [-0.25, -0.2) is 0 Å². The molecular weight excluding hydrogens is 268 g/mol. The van der Waals surface area contributed by atoms with Crippen LogP contribution in [0.15, 0.2) is 35.2 Å². The maximum absolute atomic E-state index is 12.2. The van der Waals surface area contributed by atoms with Gasteiger partial charge in [-0.15, -0.1) is 0 Å². The summed E-state index contributed by atoms with van der Waals surface area (Å²) in [7, 11) is 0. The smallest absolute Gasteiger partial charge is 0.251 e. The summed E-state index contributed by atoms with van der Waals surface area (Å²) in [4.78, 5) is 16.2. The zero-order chi connectivity index (χ0) is 14.7. The van der Waals surface area contributed by atoms with Crippen molar-refractivity contribution in [3.8, 4) is 11.4 Å². The second kappa shape index (κ2) is 6.05. The fourth-order valence-electron chi connectivity index (χ4n) is 2.60. The van der Waals surface area contributed by atoms with Gasteiger partial charge >= 0.3 is 0 Å². The quantitative estimate of drug-likeness (QED) is 0.896. The Hall–Kier alpha value is -2.21. The van der Waals surface area contributed by atoms with E-state index in [1.807, 2.05) is 12.1 Å². The summed E-state index contributed by atoms with van der Waals surface area (Å²) in [5.74, 6) is 0.489. The number of carbonyl (C=O) groups is 1. The predicted molar refractivity (Wildman–Crippen MR) is 77.7 cm³/mol. The Kier molecular flexibility index (Phi) is 3.96. The van der Waals surface area contributed by atoms with Gasteiger partial charge in [0.05, 0.1) is 0 Å². The molecule has 1 aliphatic rings. The maximum Gasteiger partial charge on any atom is 0.251 e. The van der Waals surface area contributed by atoms with Crippen LogP contribution in [0.25, 0.3) is 11.4 Å². The van der Waals surface area contributed by atoms with Crippen LogP contribution in [-0.4, -0.2) is 34.7 Å². The molecule has 2 unspecified atom stereocenters. The van der Waals surface area contributed by atoms with Crippen LogP contribution in [0.4, 0.5) is 0 Å². The molecule has 3 rings (SSSR count). The first-order valence-electron chi connectivity index (χ1n) is 7.13. The molecule has 2 heterocycles. The van der Waals surface area contributed by atoms with Crippen molar-refractivity contribution in [3.05, 3.63) is 36.2 Å². The molecule has 0 aliphatic carbocycles. The number of benzene rings is 1. The monoisotopic (exact) mass is 286 g/mol. The first-order chi connectivity index (χ1) is 10.2. The van der Waals surface area contributed by atoms with Crippen molar-refractivity contribution in [2.24, 2.45) is 0 Å². The first kappa shape index (κ1) is 13.8. The van der Waals surface area contributed by atoms with Gasteiger partial charge in [0.1, 0.15) is 0 Å². The first-order valence-corrected chi connectivity index (χ1v) is 7.13. The number of carbonyl (C=O) groups excluding carboxylic acids is 1. The van der Waals surface area contributed by atoms with Crippen LogP contribution < -0.4 is 10.6 Å². The highest BCUT2D eigenvalue weighted by Crippen LogP contribution is 2.15. The molecule has 2 aromatic rings. The van der Waals surface area contributed by atoms with Crippen LogP contribution in [0.2, 0.25) is 0 Å². The highest BCUT2D eigenvalue weighted by Gasteiger charge is 2.20. The fourth-order valence-corrected chi connectivity index (χ4v) is 2.60. The van der Waals surface area contributed by atoms with Crippen molar-refractivity contribution in [2.75, 3.05) is 6.54 Å². The van der Waals surface area contributed by atoms with Crippen LogP contribution in [-0.2, 0) is 0 Å². The highest BCUT2D eigenvalue weighted by molar-refractivity contribution is 5.94. The van der Waals surface area contributed by atoms with E-state index in [2.05, 4.69) is 27.7 Å². The zero-order valence-electron chi connectivity index (χ0n) is 11.9. The molecule has 1 aromatic heterocycles. The number of hydrogen-bond donors (Lipinski definition) is 2. The molecule has 1 aliphatic heterocycles. The molecule has 1 saturated heterocycles. The normalized spacial score (nSPS) is 22.0. The van der Waals surface area contributed by atoms with E-state index in [4.69, 9.17) is 4.52 Å². The molecule has 6 heteroatoms. The third kappa shape index (κ3) is 3.28. The number of hydrogen-bond acceptors (Lipinski definition) is 5. The lowest BCUT2D eigenvalue weighted by Crippen LogP contribution is -2.46. The number of piperidine rings is 1. The molecule has 0 saturated carbocycles. The van der Waals surface area contributed by atoms with E-state index in [0.717, 1.165) is 24.9 Å². The molecule has 21 heavy (non-hydrogen) atoms. The Morgan fingerprint density at radius 1 is 1.38 bits per heavy atom. The Morgan fingerprint density at radius 2 is 2.19 bits per heavy atom. The summed E-state index contributed by atoms with van der Waals surface area (Å²) >= 11 is 0. The maximum atomic E-state index is 12.2. The fraction of sp³-hybridized carbons (Fsp3) is 0.400. The van der Waals surface area contributed by atoms with Gasteiger partial charge in [0.15, 0.2) is 0 Å². The van der Waals surface area contributed by atoms with Crippen LogP contribution in [0, 0.1) is 0 Å². The van der Waals surface area contributed by atoms with Gasteiger partial charge in [-0.3, -0.25) is 4.79 Å². The highest BCUT2D eigenvalue weighted by atomic mass is 16.5. The average molecular weight is 286 g/mol. The van der Waals surface area contributed by atoms with E-state index in [1.165, 1.54) is 6.39 Å². The average Bonchev–Trinajstić information content (AvgIpc) is 3.01. The second-order valence-corrected chi connectivity index (χ2v) is 5.38. The van der Waals surface area contributed by atoms with Crippen molar-refractivity contribution in [3.63, 3.8) is 0 Å². The molecule has 6 nitrogen and oxygen atoms in total. The molecule has 2 atom stereocenters. The van der Waals surface area contributed by atoms with Crippen LogP contribution in [0.5, 0.6) is 0 Å². The molecule has 0 radical (unpaired) electrons. The molecule has 1 aromatic carbocycles. The summed E-state index contributed by atoms with van der Waals surface area (Å²) in [6.45, 7) is 3.08. The Labute approximate surface area is 122 Å². The standard InChI is InChI=1S/C15H18N4O2/c1-10-8-13(6-7-16-10)18-15(20)12-4-2-11(3-5-12)14-17-9-21-19-14/h2-5,9-10,13,16H,6-8H2,1H3,(H,18,20). The lowest BCUT2D eigenvalue weighted by Gasteiger charge is -2.28. The lowest BCUT2D eigenvalue weighted by molar-refractivity contribution is 0.0925. The Bertz CT molecular complexity index is 595. The van der Waals surface area contributed by atoms with E-state index in [-0.39, 0.29) is 11.9 Å². The molecule has 2 N–H and O–H groups in total. The van der Waals surface area contributed by atoms with Gasteiger partial charge in [0, 0.05) is 23.2 Å². The minimum atomic E-state index is -0.0336. The van der Waals surface area contributed by atoms with Gasteiger partial charge < -0.3 is 15.2 Å². The molecule has 1 fully saturated rings. The van der Waals surface area contributed by atoms with Crippen molar-refractivity contribution in [2.45, 2.75) is 31.8 Å². The predicted octanol–water partition coefficient (Wildman–Crippen LogP) is 1.61. The number of rotatable bonds is 3. The topological polar surface area (TPSA) is 80.1 Å². The second-order valence-electron chi connectivity index (χ2n) is 5.38. The minimum Gasteiger partial charge on any atom is -0.349 e. The van der Waals surface area contributed by atoms with Crippen LogP contribution in [0.3, 0.4) is 0 Å². The number of amides is 1. The van der Waals surface area contributed by atoms with Crippen molar-refractivity contribution in [1.29, 1.82) is 0 Å². The van der Waals surface area contributed by atoms with Crippen molar-refractivity contribution < 1.29 is 9.32 Å². The summed E-state index contributed by atoms with van der Waals surface area (Å²) in [5.41, 5.74) is 1.48. The molecule has 0 spiro atoms. The number of aromatic nitrogens is 2. The van der Waals surface area contributed by atoms with Crippen LogP contribution >= 0.6 is 0 Å². The molecular formula is C15H18N4O2. The van der Waals surface area contributed by atoms with Gasteiger partial charge in [0.25, 0.3) is 5.91 Å². The van der Waals surface area contributed by atoms with Gasteiger partial charge in [-0.1, -0.05) is 17.3 Å². The zero-order valence-corrected chi connectivity index (χ0v) is 11.9. The van der Waals surface area contributed by atoms with Gasteiger partial charge in [0.2, 0.25) is 12.2 Å². The SMILES string of the molecule is CC1CC(NC(=O)c2ccc(-c3ncon3)cc2)CCN1. The van der Waals surface area contributed by atoms with E-state index in [9.17, 15) is 4.79 Å². The van der Waals surface area contributed by atoms with E-state index in [0.29, 0.717) is 17.4 Å².